The zero-order chi connectivity index (χ0) is 14.9. The summed E-state index contributed by atoms with van der Waals surface area (Å²) in [5, 5.41) is 4.62. The molecular formula is C16H30N4. The fourth-order valence-corrected chi connectivity index (χ4v) is 3.72. The molecule has 1 fully saturated rings. The van der Waals surface area contributed by atoms with Crippen LogP contribution in [-0.4, -0.2) is 28.9 Å². The smallest absolute Gasteiger partial charge is 0.130 e. The van der Waals surface area contributed by atoms with Gasteiger partial charge in [-0.15, -0.1) is 0 Å². The van der Waals surface area contributed by atoms with Gasteiger partial charge in [-0.1, -0.05) is 19.8 Å². The van der Waals surface area contributed by atoms with Crippen molar-refractivity contribution in [2.45, 2.75) is 65.0 Å². The quantitative estimate of drug-likeness (QED) is 0.921. The summed E-state index contributed by atoms with van der Waals surface area (Å²) in [5.41, 5.74) is 8.46. The van der Waals surface area contributed by atoms with E-state index in [1.807, 2.05) is 4.68 Å². The molecule has 1 saturated carbocycles. The van der Waals surface area contributed by atoms with Crippen molar-refractivity contribution in [2.75, 3.05) is 11.9 Å². The van der Waals surface area contributed by atoms with Gasteiger partial charge in [0, 0.05) is 31.7 Å². The Morgan fingerprint density at radius 3 is 2.65 bits per heavy atom. The van der Waals surface area contributed by atoms with Crippen LogP contribution in [-0.2, 0) is 13.5 Å². The lowest BCUT2D eigenvalue weighted by atomic mass is 9.85. The van der Waals surface area contributed by atoms with Gasteiger partial charge in [-0.3, -0.25) is 4.68 Å². The second kappa shape index (κ2) is 6.17. The van der Waals surface area contributed by atoms with Gasteiger partial charge in [0.05, 0.1) is 5.69 Å². The van der Waals surface area contributed by atoms with Gasteiger partial charge in [-0.2, -0.15) is 5.10 Å². The molecule has 4 heteroatoms. The molecule has 0 spiro atoms. The number of aryl methyl sites for hydroxylation is 2. The first kappa shape index (κ1) is 15.4. The number of nitrogens with zero attached hydrogens (tertiary/aromatic N) is 3. The van der Waals surface area contributed by atoms with Crippen molar-refractivity contribution < 1.29 is 0 Å². The summed E-state index contributed by atoms with van der Waals surface area (Å²) in [4.78, 5) is 2.46. The Labute approximate surface area is 123 Å². The molecule has 0 aromatic carbocycles. The normalized spacial score (nSPS) is 24.7. The molecule has 114 valence electrons. The lowest BCUT2D eigenvalue weighted by Gasteiger charge is -2.38. The first-order valence-corrected chi connectivity index (χ1v) is 7.92. The maximum atomic E-state index is 6.02. The van der Waals surface area contributed by atoms with Crippen LogP contribution in [0.2, 0.25) is 0 Å². The van der Waals surface area contributed by atoms with Crippen molar-refractivity contribution in [3.8, 4) is 0 Å². The van der Waals surface area contributed by atoms with E-state index in [1.54, 1.807) is 0 Å². The Balaban J connectivity index is 2.30. The van der Waals surface area contributed by atoms with Crippen LogP contribution < -0.4 is 10.6 Å². The van der Waals surface area contributed by atoms with Crippen molar-refractivity contribution >= 4 is 5.82 Å². The van der Waals surface area contributed by atoms with Gasteiger partial charge in [0.1, 0.15) is 5.82 Å². The molecule has 3 unspecified atom stereocenters. The Morgan fingerprint density at radius 2 is 2.05 bits per heavy atom. The third kappa shape index (κ3) is 3.00. The molecule has 1 aromatic rings. The van der Waals surface area contributed by atoms with Crippen molar-refractivity contribution in [2.24, 2.45) is 18.7 Å². The second-order valence-electron chi connectivity index (χ2n) is 6.63. The monoisotopic (exact) mass is 278 g/mol. The van der Waals surface area contributed by atoms with Crippen molar-refractivity contribution in [1.82, 2.24) is 9.78 Å². The molecule has 1 aromatic heterocycles. The molecule has 3 atom stereocenters. The second-order valence-corrected chi connectivity index (χ2v) is 6.63. The summed E-state index contributed by atoms with van der Waals surface area (Å²) >= 11 is 0. The van der Waals surface area contributed by atoms with Gasteiger partial charge < -0.3 is 10.6 Å². The fraction of sp³-hybridized carbons (Fsp3) is 0.812. The number of anilines is 1. The van der Waals surface area contributed by atoms with E-state index in [4.69, 9.17) is 5.73 Å². The first-order valence-electron chi connectivity index (χ1n) is 7.92. The summed E-state index contributed by atoms with van der Waals surface area (Å²) < 4.78 is 2.04. The minimum Gasteiger partial charge on any atom is -0.356 e. The highest BCUT2D eigenvalue weighted by Gasteiger charge is 2.28. The van der Waals surface area contributed by atoms with Crippen LogP contribution in [0.5, 0.6) is 0 Å². The van der Waals surface area contributed by atoms with E-state index < -0.39 is 0 Å². The molecule has 0 radical (unpaired) electrons. The predicted octanol–water partition coefficient (Wildman–Crippen LogP) is 2.63. The summed E-state index contributed by atoms with van der Waals surface area (Å²) in [6, 6.07) is 0.805. The van der Waals surface area contributed by atoms with Crippen molar-refractivity contribution in [3.05, 3.63) is 11.3 Å². The van der Waals surface area contributed by atoms with Gasteiger partial charge in [0.25, 0.3) is 0 Å². The number of rotatable bonds is 4. The Kier molecular flexibility index (Phi) is 4.74. The standard InChI is InChI=1S/C16H30N4/c1-11-8-6-7-9-15(11)19(4)16-14(10-12(2)17)13(3)18-20(16)5/h11-12,15H,6-10,17H2,1-5H3. The zero-order valence-corrected chi connectivity index (χ0v) is 13.7. The van der Waals surface area contributed by atoms with Crippen LogP contribution in [0.1, 0.15) is 50.8 Å². The molecular weight excluding hydrogens is 248 g/mol. The van der Waals surface area contributed by atoms with Crippen LogP contribution in [0.4, 0.5) is 5.82 Å². The van der Waals surface area contributed by atoms with Crippen LogP contribution >= 0.6 is 0 Å². The summed E-state index contributed by atoms with van der Waals surface area (Å²) in [7, 11) is 4.28. The zero-order valence-electron chi connectivity index (χ0n) is 13.7. The SMILES string of the molecule is Cc1nn(C)c(N(C)C2CCCCC2C)c1CC(C)N. The molecule has 1 aliphatic rings. The Bertz CT molecular complexity index is 450. The van der Waals surface area contributed by atoms with Crippen LogP contribution in [0.25, 0.3) is 0 Å². The maximum Gasteiger partial charge on any atom is 0.130 e. The minimum atomic E-state index is 0.175. The average molecular weight is 278 g/mol. The van der Waals surface area contributed by atoms with E-state index in [2.05, 4.69) is 44.9 Å². The van der Waals surface area contributed by atoms with E-state index in [0.29, 0.717) is 6.04 Å². The molecule has 20 heavy (non-hydrogen) atoms. The van der Waals surface area contributed by atoms with Crippen LogP contribution in [0, 0.1) is 12.8 Å². The fourth-order valence-electron chi connectivity index (χ4n) is 3.72. The van der Waals surface area contributed by atoms with E-state index in [9.17, 15) is 0 Å². The average Bonchev–Trinajstić information content (AvgIpc) is 2.63. The van der Waals surface area contributed by atoms with Gasteiger partial charge >= 0.3 is 0 Å². The van der Waals surface area contributed by atoms with Crippen LogP contribution in [0.3, 0.4) is 0 Å². The highest BCUT2D eigenvalue weighted by atomic mass is 15.4. The summed E-state index contributed by atoms with van der Waals surface area (Å²) in [6.07, 6.45) is 6.26. The van der Waals surface area contributed by atoms with Crippen molar-refractivity contribution in [3.63, 3.8) is 0 Å². The lowest BCUT2D eigenvalue weighted by molar-refractivity contribution is 0.319. The van der Waals surface area contributed by atoms with Gasteiger partial charge in [0.2, 0.25) is 0 Å². The van der Waals surface area contributed by atoms with E-state index >= 15 is 0 Å². The molecule has 0 amide bonds. The van der Waals surface area contributed by atoms with Crippen LogP contribution in [0.15, 0.2) is 0 Å². The van der Waals surface area contributed by atoms with Gasteiger partial charge in [0.15, 0.2) is 0 Å². The molecule has 2 N–H and O–H groups in total. The van der Waals surface area contributed by atoms with Crippen molar-refractivity contribution in [1.29, 1.82) is 0 Å². The molecule has 1 aliphatic carbocycles. The third-order valence-electron chi connectivity index (χ3n) is 4.74. The molecule has 2 rings (SSSR count). The largest absolute Gasteiger partial charge is 0.356 e. The maximum absolute atomic E-state index is 6.02. The molecule has 4 nitrogen and oxygen atoms in total. The highest BCUT2D eigenvalue weighted by Crippen LogP contribution is 2.33. The van der Waals surface area contributed by atoms with Gasteiger partial charge in [-0.05, 0) is 39.0 Å². The number of hydrogen-bond acceptors (Lipinski definition) is 3. The number of hydrogen-bond donors (Lipinski definition) is 1. The number of aromatic nitrogens is 2. The molecule has 0 bridgehead atoms. The lowest BCUT2D eigenvalue weighted by Crippen LogP contribution is -2.40. The third-order valence-corrected chi connectivity index (χ3v) is 4.74. The molecule has 0 saturated heterocycles. The highest BCUT2D eigenvalue weighted by molar-refractivity contribution is 5.51. The van der Waals surface area contributed by atoms with E-state index in [-0.39, 0.29) is 6.04 Å². The molecule has 1 heterocycles. The first-order chi connectivity index (χ1) is 9.41. The summed E-state index contributed by atoms with van der Waals surface area (Å²) in [5.74, 6) is 2.02. The predicted molar refractivity (Wildman–Crippen MR) is 85.1 cm³/mol. The Morgan fingerprint density at radius 1 is 1.40 bits per heavy atom. The van der Waals surface area contributed by atoms with E-state index in [0.717, 1.165) is 18.0 Å². The summed E-state index contributed by atoms with van der Waals surface area (Å²) in [6.45, 7) is 6.55. The number of nitrogens with two attached hydrogens (primary N) is 1. The van der Waals surface area contributed by atoms with Gasteiger partial charge in [-0.25, -0.2) is 0 Å². The topological polar surface area (TPSA) is 47.1 Å². The molecule has 0 aliphatic heterocycles. The minimum absolute atomic E-state index is 0.175. The Hall–Kier alpha value is -1.03. The van der Waals surface area contributed by atoms with E-state index in [1.165, 1.54) is 37.1 Å².